The molecule has 1 aliphatic carbocycles. The Kier molecular flexibility index (Phi) is 4.04. The Balaban J connectivity index is 2.33. The van der Waals surface area contributed by atoms with Crippen molar-refractivity contribution in [1.29, 1.82) is 0 Å². The zero-order valence-corrected chi connectivity index (χ0v) is 11.5. The molecule has 1 aromatic rings. The molecule has 1 fully saturated rings. The maximum Gasteiger partial charge on any atom is 0.292 e. The lowest BCUT2D eigenvalue weighted by Crippen LogP contribution is -2.38. The molecule has 2 unspecified atom stereocenters. The predicted octanol–water partition coefficient (Wildman–Crippen LogP) is 2.47. The number of hydrogen-bond donors (Lipinski definition) is 1. The SMILES string of the molecule is Cc1ccc(N(C)C2CCCC2CN)c([N+](=O)[O-])c1. The fourth-order valence-corrected chi connectivity index (χ4v) is 3.06. The van der Waals surface area contributed by atoms with Crippen LogP contribution in [0.4, 0.5) is 11.4 Å². The lowest BCUT2D eigenvalue weighted by atomic mass is 10.0. The van der Waals surface area contributed by atoms with Crippen molar-refractivity contribution in [2.45, 2.75) is 32.2 Å². The molecule has 1 aliphatic rings. The van der Waals surface area contributed by atoms with Crippen LogP contribution in [0.15, 0.2) is 18.2 Å². The smallest absolute Gasteiger partial charge is 0.292 e. The molecule has 1 saturated carbocycles. The summed E-state index contributed by atoms with van der Waals surface area (Å²) >= 11 is 0. The average molecular weight is 263 g/mol. The van der Waals surface area contributed by atoms with Gasteiger partial charge in [-0.2, -0.15) is 0 Å². The summed E-state index contributed by atoms with van der Waals surface area (Å²) in [5.74, 6) is 0.436. The Hall–Kier alpha value is -1.62. The molecule has 0 amide bonds. The number of nitrogens with two attached hydrogens (primary N) is 1. The van der Waals surface area contributed by atoms with E-state index in [1.807, 2.05) is 31.0 Å². The molecule has 2 rings (SSSR count). The van der Waals surface area contributed by atoms with Crippen molar-refractivity contribution in [2.75, 3.05) is 18.5 Å². The van der Waals surface area contributed by atoms with E-state index in [0.29, 0.717) is 24.2 Å². The topological polar surface area (TPSA) is 72.4 Å². The molecule has 1 aromatic carbocycles. The van der Waals surface area contributed by atoms with Crippen molar-refractivity contribution in [3.8, 4) is 0 Å². The maximum absolute atomic E-state index is 11.2. The van der Waals surface area contributed by atoms with Crippen molar-refractivity contribution < 1.29 is 4.92 Å². The Morgan fingerprint density at radius 1 is 1.47 bits per heavy atom. The zero-order chi connectivity index (χ0) is 14.0. The van der Waals surface area contributed by atoms with Crippen molar-refractivity contribution in [1.82, 2.24) is 0 Å². The van der Waals surface area contributed by atoms with Crippen LogP contribution in [0.1, 0.15) is 24.8 Å². The van der Waals surface area contributed by atoms with Gasteiger partial charge in [0.1, 0.15) is 5.69 Å². The van der Waals surface area contributed by atoms with Crippen molar-refractivity contribution in [3.05, 3.63) is 33.9 Å². The maximum atomic E-state index is 11.2. The quantitative estimate of drug-likeness (QED) is 0.669. The minimum absolute atomic E-state index is 0.185. The van der Waals surface area contributed by atoms with Crippen LogP contribution in [0.25, 0.3) is 0 Å². The van der Waals surface area contributed by atoms with Crippen LogP contribution in [-0.2, 0) is 0 Å². The number of rotatable bonds is 4. The lowest BCUT2D eigenvalue weighted by molar-refractivity contribution is -0.384. The molecule has 0 radical (unpaired) electrons. The molecular weight excluding hydrogens is 242 g/mol. The molecule has 0 spiro atoms. The van der Waals surface area contributed by atoms with Gasteiger partial charge in [-0.15, -0.1) is 0 Å². The molecule has 104 valence electrons. The van der Waals surface area contributed by atoms with Gasteiger partial charge in [-0.25, -0.2) is 0 Å². The van der Waals surface area contributed by atoms with Crippen LogP contribution in [0.2, 0.25) is 0 Å². The van der Waals surface area contributed by atoms with E-state index in [2.05, 4.69) is 0 Å². The standard InChI is InChI=1S/C14H21N3O2/c1-10-6-7-13(14(8-10)17(18)19)16(2)12-5-3-4-11(12)9-15/h6-8,11-12H,3-5,9,15H2,1-2H3. The molecule has 0 heterocycles. The minimum Gasteiger partial charge on any atom is -0.366 e. The summed E-state index contributed by atoms with van der Waals surface area (Å²) in [7, 11) is 1.94. The third kappa shape index (κ3) is 2.71. The normalized spacial score (nSPS) is 22.5. The first kappa shape index (κ1) is 13.8. The minimum atomic E-state index is -0.300. The number of hydrogen-bond acceptors (Lipinski definition) is 4. The van der Waals surface area contributed by atoms with Gasteiger partial charge in [-0.1, -0.05) is 12.5 Å². The highest BCUT2D eigenvalue weighted by atomic mass is 16.6. The molecule has 0 saturated heterocycles. The number of aryl methyl sites for hydroxylation is 1. The van der Waals surface area contributed by atoms with E-state index >= 15 is 0 Å². The molecule has 19 heavy (non-hydrogen) atoms. The van der Waals surface area contributed by atoms with Gasteiger partial charge in [-0.05, 0) is 43.9 Å². The zero-order valence-electron chi connectivity index (χ0n) is 11.5. The fourth-order valence-electron chi connectivity index (χ4n) is 3.06. The molecule has 2 N–H and O–H groups in total. The van der Waals surface area contributed by atoms with E-state index < -0.39 is 0 Å². The molecular formula is C14H21N3O2. The van der Waals surface area contributed by atoms with E-state index in [4.69, 9.17) is 5.73 Å². The van der Waals surface area contributed by atoms with Crippen LogP contribution < -0.4 is 10.6 Å². The van der Waals surface area contributed by atoms with E-state index in [1.165, 1.54) is 0 Å². The number of nitrogens with zero attached hydrogens (tertiary/aromatic N) is 2. The second kappa shape index (κ2) is 5.57. The number of nitro benzene ring substituents is 1. The van der Waals surface area contributed by atoms with Gasteiger partial charge in [0.25, 0.3) is 5.69 Å². The second-order valence-electron chi connectivity index (χ2n) is 5.35. The van der Waals surface area contributed by atoms with Crippen molar-refractivity contribution in [2.24, 2.45) is 11.7 Å². The van der Waals surface area contributed by atoms with Crippen LogP contribution >= 0.6 is 0 Å². The van der Waals surface area contributed by atoms with Gasteiger partial charge in [0.2, 0.25) is 0 Å². The summed E-state index contributed by atoms with van der Waals surface area (Å²) in [6.07, 6.45) is 3.32. The average Bonchev–Trinajstić information content (AvgIpc) is 2.86. The number of benzene rings is 1. The largest absolute Gasteiger partial charge is 0.366 e. The summed E-state index contributed by atoms with van der Waals surface area (Å²) in [6.45, 7) is 2.52. The summed E-state index contributed by atoms with van der Waals surface area (Å²) < 4.78 is 0. The Morgan fingerprint density at radius 2 is 2.21 bits per heavy atom. The van der Waals surface area contributed by atoms with Gasteiger partial charge >= 0.3 is 0 Å². The monoisotopic (exact) mass is 263 g/mol. The van der Waals surface area contributed by atoms with Crippen LogP contribution in [0.3, 0.4) is 0 Å². The van der Waals surface area contributed by atoms with Crippen LogP contribution in [0, 0.1) is 23.0 Å². The van der Waals surface area contributed by atoms with Gasteiger partial charge in [0, 0.05) is 19.2 Å². The van der Waals surface area contributed by atoms with E-state index in [9.17, 15) is 10.1 Å². The second-order valence-corrected chi connectivity index (χ2v) is 5.35. The first-order valence-corrected chi connectivity index (χ1v) is 6.72. The van der Waals surface area contributed by atoms with Crippen LogP contribution in [0.5, 0.6) is 0 Å². The summed E-state index contributed by atoms with van der Waals surface area (Å²) in [5.41, 5.74) is 7.59. The molecule has 0 aromatic heterocycles. The molecule has 2 atom stereocenters. The van der Waals surface area contributed by atoms with E-state index in [0.717, 1.165) is 24.8 Å². The number of anilines is 1. The van der Waals surface area contributed by atoms with Gasteiger partial charge in [0.15, 0.2) is 0 Å². The van der Waals surface area contributed by atoms with Crippen LogP contribution in [-0.4, -0.2) is 24.6 Å². The molecule has 5 heteroatoms. The highest BCUT2D eigenvalue weighted by Gasteiger charge is 2.32. The third-order valence-electron chi connectivity index (χ3n) is 4.13. The first-order valence-electron chi connectivity index (χ1n) is 6.72. The summed E-state index contributed by atoms with van der Waals surface area (Å²) in [4.78, 5) is 12.9. The molecule has 5 nitrogen and oxygen atoms in total. The molecule has 0 aliphatic heterocycles. The Bertz CT molecular complexity index is 476. The van der Waals surface area contributed by atoms with Gasteiger partial charge < -0.3 is 10.6 Å². The van der Waals surface area contributed by atoms with E-state index in [-0.39, 0.29) is 10.6 Å². The van der Waals surface area contributed by atoms with Gasteiger partial charge in [-0.3, -0.25) is 10.1 Å². The van der Waals surface area contributed by atoms with Crippen molar-refractivity contribution >= 4 is 11.4 Å². The predicted molar refractivity (Wildman–Crippen MR) is 76.4 cm³/mol. The van der Waals surface area contributed by atoms with E-state index in [1.54, 1.807) is 6.07 Å². The third-order valence-corrected chi connectivity index (χ3v) is 4.13. The van der Waals surface area contributed by atoms with Gasteiger partial charge in [0.05, 0.1) is 4.92 Å². The highest BCUT2D eigenvalue weighted by Crippen LogP contribution is 2.36. The number of nitro groups is 1. The van der Waals surface area contributed by atoms with Crippen molar-refractivity contribution in [3.63, 3.8) is 0 Å². The lowest BCUT2D eigenvalue weighted by Gasteiger charge is -2.30. The Labute approximate surface area is 113 Å². The molecule has 0 bridgehead atoms. The summed E-state index contributed by atoms with van der Waals surface area (Å²) in [6, 6.07) is 5.72. The highest BCUT2D eigenvalue weighted by molar-refractivity contribution is 5.64. The Morgan fingerprint density at radius 3 is 2.84 bits per heavy atom. The fraction of sp³-hybridized carbons (Fsp3) is 0.571. The summed E-state index contributed by atoms with van der Waals surface area (Å²) in [5, 5.41) is 11.2. The first-order chi connectivity index (χ1) is 9.04.